The lowest BCUT2D eigenvalue weighted by Gasteiger charge is -2.23. The van der Waals surface area contributed by atoms with Crippen molar-refractivity contribution in [2.45, 2.75) is 32.0 Å². The zero-order chi connectivity index (χ0) is 20.4. The summed E-state index contributed by atoms with van der Waals surface area (Å²) in [6.07, 6.45) is -1.31. The average Bonchev–Trinajstić information content (AvgIpc) is 2.68. The Labute approximate surface area is 164 Å². The minimum absolute atomic E-state index is 0.470. The van der Waals surface area contributed by atoms with Crippen LogP contribution in [0.5, 0.6) is 0 Å². The van der Waals surface area contributed by atoms with Crippen molar-refractivity contribution in [3.05, 3.63) is 35.4 Å². The molecule has 1 N–H and O–H groups in total. The number of rotatable bonds is 8. The van der Waals surface area contributed by atoms with Gasteiger partial charge in [-0.1, -0.05) is 12.1 Å². The molecule has 28 heavy (non-hydrogen) atoms. The van der Waals surface area contributed by atoms with Crippen LogP contribution < -0.4 is 5.32 Å². The Hall–Kier alpha value is -1.80. The van der Waals surface area contributed by atoms with E-state index in [0.717, 1.165) is 63.3 Å². The molecule has 0 aromatic heterocycles. The van der Waals surface area contributed by atoms with E-state index in [-0.39, 0.29) is 0 Å². The topological polar surface area (TPSA) is 46.1 Å². The number of halogens is 3. The molecule has 1 saturated heterocycles. The normalized spacial score (nSPS) is 16.2. The molecule has 1 fully saturated rings. The summed E-state index contributed by atoms with van der Waals surface area (Å²) in [5.74, 6) is 1.30. The quantitative estimate of drug-likeness (QED) is 0.411. The van der Waals surface area contributed by atoms with Crippen molar-refractivity contribution in [2.24, 2.45) is 10.9 Å². The van der Waals surface area contributed by atoms with Gasteiger partial charge in [-0.2, -0.15) is 13.2 Å². The van der Waals surface area contributed by atoms with Crippen molar-refractivity contribution in [3.63, 3.8) is 0 Å². The Morgan fingerprint density at radius 2 is 1.93 bits per heavy atom. The molecule has 1 aromatic rings. The number of aliphatic imine (C=N–C) groups is 1. The second-order valence-corrected chi connectivity index (χ2v) is 7.01. The fourth-order valence-corrected chi connectivity index (χ4v) is 3.07. The maximum Gasteiger partial charge on any atom is 0.416 e. The Morgan fingerprint density at radius 1 is 1.25 bits per heavy atom. The smallest absolute Gasteiger partial charge is 0.381 e. The first kappa shape index (κ1) is 22.5. The highest BCUT2D eigenvalue weighted by atomic mass is 19.4. The van der Waals surface area contributed by atoms with Crippen molar-refractivity contribution in [2.75, 3.05) is 47.1 Å². The SMILES string of the molecule is CN=C(NCCCOCC1CCOCC1)N(C)Cc1ccc(C(F)(F)F)cc1. The molecule has 1 heterocycles. The third-order valence-electron chi connectivity index (χ3n) is 4.72. The van der Waals surface area contributed by atoms with Gasteiger partial charge in [0.1, 0.15) is 0 Å². The van der Waals surface area contributed by atoms with Crippen LogP contribution in [0, 0.1) is 5.92 Å². The van der Waals surface area contributed by atoms with E-state index >= 15 is 0 Å². The zero-order valence-electron chi connectivity index (χ0n) is 16.6. The lowest BCUT2D eigenvalue weighted by molar-refractivity contribution is -0.137. The van der Waals surface area contributed by atoms with Crippen LogP contribution in [0.25, 0.3) is 0 Å². The predicted octanol–water partition coefficient (Wildman–Crippen LogP) is 3.55. The predicted molar refractivity (Wildman–Crippen MR) is 103 cm³/mol. The first-order valence-electron chi connectivity index (χ1n) is 9.63. The van der Waals surface area contributed by atoms with E-state index in [1.165, 1.54) is 12.1 Å². The number of benzene rings is 1. The van der Waals surface area contributed by atoms with Crippen molar-refractivity contribution >= 4 is 5.96 Å². The lowest BCUT2D eigenvalue weighted by Crippen LogP contribution is -2.39. The molecule has 0 bridgehead atoms. The standard InChI is InChI=1S/C20H30F3N3O2/c1-24-19(25-10-3-11-28-15-17-8-12-27-13-9-17)26(2)14-16-4-6-18(7-5-16)20(21,22)23/h4-7,17H,3,8-15H2,1-2H3,(H,24,25). The summed E-state index contributed by atoms with van der Waals surface area (Å²) in [4.78, 5) is 6.11. The highest BCUT2D eigenvalue weighted by Gasteiger charge is 2.29. The van der Waals surface area contributed by atoms with E-state index in [4.69, 9.17) is 9.47 Å². The monoisotopic (exact) mass is 401 g/mol. The molecule has 1 aromatic carbocycles. The molecule has 5 nitrogen and oxygen atoms in total. The number of guanidine groups is 1. The molecule has 0 unspecified atom stereocenters. The van der Waals surface area contributed by atoms with E-state index in [2.05, 4.69) is 10.3 Å². The first-order chi connectivity index (χ1) is 13.4. The maximum atomic E-state index is 12.6. The highest BCUT2D eigenvalue weighted by molar-refractivity contribution is 5.79. The van der Waals surface area contributed by atoms with Crippen LogP contribution >= 0.6 is 0 Å². The molecule has 0 aliphatic carbocycles. The van der Waals surface area contributed by atoms with Crippen LogP contribution in [-0.2, 0) is 22.2 Å². The second kappa shape index (κ2) is 11.3. The van der Waals surface area contributed by atoms with Crippen LogP contribution in [0.15, 0.2) is 29.3 Å². The summed E-state index contributed by atoms with van der Waals surface area (Å²) < 4.78 is 49.0. The van der Waals surface area contributed by atoms with Gasteiger partial charge < -0.3 is 19.7 Å². The minimum atomic E-state index is -4.31. The number of nitrogens with one attached hydrogen (secondary N) is 1. The second-order valence-electron chi connectivity index (χ2n) is 7.01. The van der Waals surface area contributed by atoms with Gasteiger partial charge >= 0.3 is 6.18 Å². The van der Waals surface area contributed by atoms with E-state index < -0.39 is 11.7 Å². The summed E-state index contributed by atoms with van der Waals surface area (Å²) >= 11 is 0. The molecule has 1 aliphatic rings. The lowest BCUT2D eigenvalue weighted by atomic mass is 10.0. The van der Waals surface area contributed by atoms with Gasteiger partial charge in [0.15, 0.2) is 5.96 Å². The van der Waals surface area contributed by atoms with Gasteiger partial charge in [-0.15, -0.1) is 0 Å². The van der Waals surface area contributed by atoms with E-state index in [0.29, 0.717) is 25.0 Å². The van der Waals surface area contributed by atoms with Gasteiger partial charge in [-0.05, 0) is 42.9 Å². The number of ether oxygens (including phenoxy) is 2. The van der Waals surface area contributed by atoms with E-state index in [1.54, 1.807) is 7.05 Å². The van der Waals surface area contributed by atoms with Crippen LogP contribution in [0.3, 0.4) is 0 Å². The van der Waals surface area contributed by atoms with Crippen molar-refractivity contribution < 1.29 is 22.6 Å². The number of alkyl halides is 3. The van der Waals surface area contributed by atoms with Crippen molar-refractivity contribution in [1.29, 1.82) is 0 Å². The zero-order valence-corrected chi connectivity index (χ0v) is 16.6. The van der Waals surface area contributed by atoms with Gasteiger partial charge in [-0.3, -0.25) is 4.99 Å². The fourth-order valence-electron chi connectivity index (χ4n) is 3.07. The van der Waals surface area contributed by atoms with Gasteiger partial charge in [0.05, 0.1) is 5.56 Å². The van der Waals surface area contributed by atoms with Gasteiger partial charge in [0, 0.05) is 53.6 Å². The molecule has 2 rings (SSSR count). The Balaban J connectivity index is 1.66. The Morgan fingerprint density at radius 3 is 2.54 bits per heavy atom. The summed E-state index contributed by atoms with van der Waals surface area (Å²) in [5, 5.41) is 3.26. The van der Waals surface area contributed by atoms with E-state index in [1.807, 2.05) is 11.9 Å². The molecule has 0 spiro atoms. The summed E-state index contributed by atoms with van der Waals surface area (Å²) in [5.41, 5.74) is 0.153. The van der Waals surface area contributed by atoms with Crippen LogP contribution in [0.2, 0.25) is 0 Å². The first-order valence-corrected chi connectivity index (χ1v) is 9.63. The van der Waals surface area contributed by atoms with E-state index in [9.17, 15) is 13.2 Å². The van der Waals surface area contributed by atoms with Crippen LogP contribution in [-0.4, -0.2) is 57.9 Å². The molecule has 8 heteroatoms. The molecular weight excluding hydrogens is 371 g/mol. The molecule has 0 atom stereocenters. The average molecular weight is 401 g/mol. The van der Waals surface area contributed by atoms with Crippen LogP contribution in [0.4, 0.5) is 13.2 Å². The fraction of sp³-hybridized carbons (Fsp3) is 0.650. The summed E-state index contributed by atoms with van der Waals surface area (Å²) in [6.45, 7) is 4.32. The molecule has 0 amide bonds. The van der Waals surface area contributed by atoms with Gasteiger partial charge in [0.25, 0.3) is 0 Å². The van der Waals surface area contributed by atoms with Crippen molar-refractivity contribution in [1.82, 2.24) is 10.2 Å². The number of nitrogens with zero attached hydrogens (tertiary/aromatic N) is 2. The molecule has 158 valence electrons. The minimum Gasteiger partial charge on any atom is -0.381 e. The van der Waals surface area contributed by atoms with Gasteiger partial charge in [0.2, 0.25) is 0 Å². The van der Waals surface area contributed by atoms with Crippen LogP contribution in [0.1, 0.15) is 30.4 Å². The molecule has 0 radical (unpaired) electrons. The summed E-state index contributed by atoms with van der Waals surface area (Å²) in [7, 11) is 3.54. The summed E-state index contributed by atoms with van der Waals surface area (Å²) in [6, 6.07) is 5.21. The maximum absolute atomic E-state index is 12.6. The Kier molecular flexibility index (Phi) is 9.05. The number of hydrogen-bond donors (Lipinski definition) is 1. The molecule has 0 saturated carbocycles. The number of hydrogen-bond acceptors (Lipinski definition) is 3. The highest BCUT2D eigenvalue weighted by Crippen LogP contribution is 2.29. The third-order valence-corrected chi connectivity index (χ3v) is 4.72. The molecular formula is C20H30F3N3O2. The molecule has 1 aliphatic heterocycles. The third kappa shape index (κ3) is 7.67. The largest absolute Gasteiger partial charge is 0.416 e. The Bertz CT molecular complexity index is 600. The van der Waals surface area contributed by atoms with Crippen molar-refractivity contribution in [3.8, 4) is 0 Å². The van der Waals surface area contributed by atoms with Gasteiger partial charge in [-0.25, -0.2) is 0 Å².